The summed E-state index contributed by atoms with van der Waals surface area (Å²) in [6, 6.07) is 0. The number of piperazine rings is 1. The Morgan fingerprint density at radius 1 is 1.25 bits per heavy atom. The van der Waals surface area contributed by atoms with Crippen molar-refractivity contribution in [3.05, 3.63) is 21.3 Å². The Morgan fingerprint density at radius 3 is 2.70 bits per heavy atom. The Kier molecular flexibility index (Phi) is 4.09. The van der Waals surface area contributed by atoms with Crippen molar-refractivity contribution in [3.63, 3.8) is 0 Å². The van der Waals surface area contributed by atoms with Crippen LogP contribution in [0.4, 0.5) is 0 Å². The van der Waals surface area contributed by atoms with Crippen LogP contribution in [0.15, 0.2) is 16.3 Å². The fourth-order valence-electron chi connectivity index (χ4n) is 2.25. The molecule has 106 valence electrons. The summed E-state index contributed by atoms with van der Waals surface area (Å²) in [4.78, 5) is 24.5. The highest BCUT2D eigenvalue weighted by molar-refractivity contribution is 7.10. The van der Waals surface area contributed by atoms with Gasteiger partial charge in [0.25, 0.3) is 0 Å². The van der Waals surface area contributed by atoms with Crippen molar-refractivity contribution in [2.24, 2.45) is 0 Å². The summed E-state index contributed by atoms with van der Waals surface area (Å²) in [6.07, 6.45) is 0. The van der Waals surface area contributed by atoms with E-state index in [-0.39, 0.29) is 5.91 Å². The average Bonchev–Trinajstić information content (AvgIpc) is 3.09. The standard InChI is InChI=1S/C13H16N4OS2/c1-10(18)17-4-2-16(3-5-17)6-13-15-12(8-20-13)11-7-19-9-14-11/h7-9H,2-6H2,1H3. The van der Waals surface area contributed by atoms with Crippen LogP contribution in [-0.2, 0) is 11.3 Å². The van der Waals surface area contributed by atoms with E-state index in [1.54, 1.807) is 29.6 Å². The molecule has 0 radical (unpaired) electrons. The number of rotatable bonds is 3. The molecule has 0 spiro atoms. The zero-order valence-corrected chi connectivity index (χ0v) is 12.9. The van der Waals surface area contributed by atoms with Gasteiger partial charge in [0.15, 0.2) is 0 Å². The Balaban J connectivity index is 1.58. The predicted octanol–water partition coefficient (Wildman–Crippen LogP) is 1.93. The van der Waals surface area contributed by atoms with Crippen LogP contribution in [0.1, 0.15) is 11.9 Å². The van der Waals surface area contributed by atoms with Crippen molar-refractivity contribution in [3.8, 4) is 11.4 Å². The molecular weight excluding hydrogens is 292 g/mol. The lowest BCUT2D eigenvalue weighted by atomic mass is 10.3. The third kappa shape index (κ3) is 3.05. The first-order valence-corrected chi connectivity index (χ1v) is 8.35. The third-order valence-corrected chi connectivity index (χ3v) is 4.84. The molecule has 5 nitrogen and oxygen atoms in total. The zero-order chi connectivity index (χ0) is 13.9. The summed E-state index contributed by atoms with van der Waals surface area (Å²) in [7, 11) is 0. The van der Waals surface area contributed by atoms with E-state index in [2.05, 4.69) is 20.2 Å². The first-order chi connectivity index (χ1) is 9.72. The highest BCUT2D eigenvalue weighted by atomic mass is 32.1. The first-order valence-electron chi connectivity index (χ1n) is 6.53. The molecule has 0 atom stereocenters. The fourth-order valence-corrected chi connectivity index (χ4v) is 3.63. The molecule has 0 aromatic carbocycles. The Bertz CT molecular complexity index is 573. The normalized spacial score (nSPS) is 16.6. The topological polar surface area (TPSA) is 49.3 Å². The van der Waals surface area contributed by atoms with Crippen molar-refractivity contribution in [2.45, 2.75) is 13.5 Å². The molecule has 3 heterocycles. The van der Waals surface area contributed by atoms with E-state index in [1.807, 2.05) is 15.8 Å². The second-order valence-corrected chi connectivity index (χ2v) is 6.44. The van der Waals surface area contributed by atoms with Gasteiger partial charge in [-0.25, -0.2) is 9.97 Å². The highest BCUT2D eigenvalue weighted by Crippen LogP contribution is 2.22. The summed E-state index contributed by atoms with van der Waals surface area (Å²) in [5.41, 5.74) is 3.75. The first kappa shape index (κ1) is 13.7. The van der Waals surface area contributed by atoms with Gasteiger partial charge in [0, 0.05) is 43.9 Å². The molecule has 7 heteroatoms. The molecule has 20 heavy (non-hydrogen) atoms. The summed E-state index contributed by atoms with van der Waals surface area (Å²) in [5, 5.41) is 5.20. The van der Waals surface area contributed by atoms with Crippen molar-refractivity contribution in [2.75, 3.05) is 26.2 Å². The lowest BCUT2D eigenvalue weighted by Crippen LogP contribution is -2.47. The van der Waals surface area contributed by atoms with Gasteiger partial charge in [-0.15, -0.1) is 22.7 Å². The molecule has 0 unspecified atom stereocenters. The molecule has 3 rings (SSSR count). The van der Waals surface area contributed by atoms with E-state index in [4.69, 9.17) is 0 Å². The third-order valence-electron chi connectivity index (χ3n) is 3.42. The van der Waals surface area contributed by atoms with Crippen molar-refractivity contribution in [1.82, 2.24) is 19.8 Å². The molecule has 0 bridgehead atoms. The quantitative estimate of drug-likeness (QED) is 0.869. The summed E-state index contributed by atoms with van der Waals surface area (Å²) in [6.45, 7) is 5.98. The minimum Gasteiger partial charge on any atom is -0.340 e. The second-order valence-electron chi connectivity index (χ2n) is 4.78. The molecule has 1 aliphatic heterocycles. The maximum atomic E-state index is 11.3. The zero-order valence-electron chi connectivity index (χ0n) is 11.3. The Morgan fingerprint density at radius 2 is 2.05 bits per heavy atom. The van der Waals surface area contributed by atoms with Crippen LogP contribution in [0.2, 0.25) is 0 Å². The van der Waals surface area contributed by atoms with Crippen LogP contribution in [0.3, 0.4) is 0 Å². The second kappa shape index (κ2) is 5.99. The molecule has 1 saturated heterocycles. The molecular formula is C13H16N4OS2. The van der Waals surface area contributed by atoms with E-state index >= 15 is 0 Å². The van der Waals surface area contributed by atoms with Gasteiger partial charge in [0.05, 0.1) is 12.1 Å². The van der Waals surface area contributed by atoms with Crippen LogP contribution in [0.25, 0.3) is 11.4 Å². The van der Waals surface area contributed by atoms with E-state index in [0.29, 0.717) is 0 Å². The predicted molar refractivity (Wildman–Crippen MR) is 80.8 cm³/mol. The lowest BCUT2D eigenvalue weighted by Gasteiger charge is -2.33. The van der Waals surface area contributed by atoms with Gasteiger partial charge >= 0.3 is 0 Å². The van der Waals surface area contributed by atoms with Gasteiger partial charge < -0.3 is 4.90 Å². The molecule has 1 fully saturated rings. The summed E-state index contributed by atoms with van der Waals surface area (Å²) in [5.74, 6) is 0.171. The van der Waals surface area contributed by atoms with Crippen molar-refractivity contribution in [1.29, 1.82) is 0 Å². The van der Waals surface area contributed by atoms with Crippen LogP contribution in [-0.4, -0.2) is 51.9 Å². The minimum absolute atomic E-state index is 0.171. The van der Waals surface area contributed by atoms with Crippen molar-refractivity contribution >= 4 is 28.6 Å². The number of amides is 1. The number of thiazole rings is 2. The van der Waals surface area contributed by atoms with Gasteiger partial charge in [-0.3, -0.25) is 9.69 Å². The number of aromatic nitrogens is 2. The van der Waals surface area contributed by atoms with E-state index in [0.717, 1.165) is 49.1 Å². The van der Waals surface area contributed by atoms with Crippen molar-refractivity contribution < 1.29 is 4.79 Å². The SMILES string of the molecule is CC(=O)N1CCN(Cc2nc(-c3cscn3)cs2)CC1. The maximum absolute atomic E-state index is 11.3. The molecule has 2 aromatic rings. The number of hydrogen-bond acceptors (Lipinski definition) is 6. The van der Waals surface area contributed by atoms with E-state index < -0.39 is 0 Å². The summed E-state index contributed by atoms with van der Waals surface area (Å²) < 4.78 is 0. The largest absolute Gasteiger partial charge is 0.340 e. The fraction of sp³-hybridized carbons (Fsp3) is 0.462. The van der Waals surface area contributed by atoms with Crippen LogP contribution in [0, 0.1) is 0 Å². The minimum atomic E-state index is 0.171. The van der Waals surface area contributed by atoms with Gasteiger partial charge in [0.1, 0.15) is 16.4 Å². The van der Waals surface area contributed by atoms with Gasteiger partial charge in [-0.05, 0) is 0 Å². The Hall–Kier alpha value is -1.31. The number of hydrogen-bond donors (Lipinski definition) is 0. The Labute approximate surface area is 125 Å². The molecule has 1 aliphatic rings. The summed E-state index contributed by atoms with van der Waals surface area (Å²) >= 11 is 3.27. The van der Waals surface area contributed by atoms with Gasteiger partial charge in [0.2, 0.25) is 5.91 Å². The smallest absolute Gasteiger partial charge is 0.219 e. The van der Waals surface area contributed by atoms with Crippen LogP contribution >= 0.6 is 22.7 Å². The van der Waals surface area contributed by atoms with Crippen LogP contribution in [0.5, 0.6) is 0 Å². The highest BCUT2D eigenvalue weighted by Gasteiger charge is 2.19. The molecule has 0 saturated carbocycles. The molecule has 1 amide bonds. The number of nitrogens with zero attached hydrogens (tertiary/aromatic N) is 4. The molecule has 0 N–H and O–H groups in total. The monoisotopic (exact) mass is 308 g/mol. The number of carbonyl (C=O) groups excluding carboxylic acids is 1. The van der Waals surface area contributed by atoms with Gasteiger partial charge in [-0.2, -0.15) is 0 Å². The maximum Gasteiger partial charge on any atom is 0.219 e. The van der Waals surface area contributed by atoms with E-state index in [9.17, 15) is 4.79 Å². The van der Waals surface area contributed by atoms with Gasteiger partial charge in [-0.1, -0.05) is 0 Å². The average molecular weight is 308 g/mol. The molecule has 0 aliphatic carbocycles. The van der Waals surface area contributed by atoms with Crippen LogP contribution < -0.4 is 0 Å². The molecule has 2 aromatic heterocycles. The van der Waals surface area contributed by atoms with E-state index in [1.165, 1.54) is 0 Å². The lowest BCUT2D eigenvalue weighted by molar-refractivity contribution is -0.130. The number of carbonyl (C=O) groups is 1.